The normalized spacial score (nSPS) is 14.4. The van der Waals surface area contributed by atoms with Gasteiger partial charge in [-0.15, -0.1) is 0 Å². The molecule has 1 amide bonds. The van der Waals surface area contributed by atoms with Gasteiger partial charge in [0.2, 0.25) is 0 Å². The van der Waals surface area contributed by atoms with Crippen molar-refractivity contribution in [1.29, 1.82) is 5.26 Å². The maximum absolute atomic E-state index is 15.0. The summed E-state index contributed by atoms with van der Waals surface area (Å²) in [6, 6.07) is 24.1. The zero-order valence-electron chi connectivity index (χ0n) is 22.1. The maximum Gasteiger partial charge on any atom is 0.272 e. The highest BCUT2D eigenvalue weighted by atomic mass is 19.1. The van der Waals surface area contributed by atoms with Gasteiger partial charge in [0.15, 0.2) is 0 Å². The van der Waals surface area contributed by atoms with Gasteiger partial charge in [-0.1, -0.05) is 61.5 Å². The number of hydrogen-bond donors (Lipinski definition) is 4. The van der Waals surface area contributed by atoms with Crippen LogP contribution in [0, 0.1) is 23.1 Å². The second-order valence-electron chi connectivity index (χ2n) is 9.66. The van der Waals surface area contributed by atoms with Crippen LogP contribution in [-0.2, 0) is 11.3 Å². The molecule has 6 nitrogen and oxygen atoms in total. The fourth-order valence-corrected chi connectivity index (χ4v) is 4.29. The number of nitriles is 1. The van der Waals surface area contributed by atoms with E-state index in [1.807, 2.05) is 55.5 Å². The Labute approximate surface area is 229 Å². The summed E-state index contributed by atoms with van der Waals surface area (Å²) in [5, 5.41) is 19.0. The number of anilines is 2. The van der Waals surface area contributed by atoms with Gasteiger partial charge in [-0.25, -0.2) is 4.39 Å². The SMILES string of the molecule is CC/C=C(C#N)/C=C(\Nc1cccc(CN)c1)C(=O)Nc1cc(C(NCC2CC2)c2ccccc2)ccc1F. The summed E-state index contributed by atoms with van der Waals surface area (Å²) in [7, 11) is 0. The van der Waals surface area contributed by atoms with Gasteiger partial charge < -0.3 is 21.7 Å². The Balaban J connectivity index is 1.63. The highest BCUT2D eigenvalue weighted by Crippen LogP contribution is 2.31. The number of rotatable bonds is 12. The smallest absolute Gasteiger partial charge is 0.272 e. The van der Waals surface area contributed by atoms with Crippen LogP contribution in [0.3, 0.4) is 0 Å². The third-order valence-electron chi connectivity index (χ3n) is 6.55. The Bertz CT molecular complexity index is 1390. The lowest BCUT2D eigenvalue weighted by Crippen LogP contribution is -2.25. The van der Waals surface area contributed by atoms with Gasteiger partial charge in [0.05, 0.1) is 23.4 Å². The lowest BCUT2D eigenvalue weighted by atomic mass is 9.97. The highest BCUT2D eigenvalue weighted by molar-refractivity contribution is 6.06. The lowest BCUT2D eigenvalue weighted by molar-refractivity contribution is -0.112. The first-order valence-electron chi connectivity index (χ1n) is 13.3. The summed E-state index contributed by atoms with van der Waals surface area (Å²) in [5.74, 6) is -0.447. The van der Waals surface area contributed by atoms with Crippen LogP contribution in [0.4, 0.5) is 15.8 Å². The van der Waals surface area contributed by atoms with E-state index in [0.717, 1.165) is 23.2 Å². The Kier molecular flexibility index (Phi) is 9.63. The molecule has 0 aromatic heterocycles. The Hall–Kier alpha value is -4.25. The molecule has 1 unspecified atom stereocenters. The van der Waals surface area contributed by atoms with Crippen molar-refractivity contribution in [2.75, 3.05) is 17.2 Å². The summed E-state index contributed by atoms with van der Waals surface area (Å²) in [6.45, 7) is 3.12. The Morgan fingerprint density at radius 2 is 1.87 bits per heavy atom. The van der Waals surface area contributed by atoms with Gasteiger partial charge in [-0.3, -0.25) is 4.79 Å². The van der Waals surface area contributed by atoms with Gasteiger partial charge in [-0.2, -0.15) is 5.26 Å². The third-order valence-corrected chi connectivity index (χ3v) is 6.55. The number of hydrogen-bond acceptors (Lipinski definition) is 5. The molecule has 3 aromatic rings. The topological polar surface area (TPSA) is 103 Å². The minimum absolute atomic E-state index is 0.0630. The molecule has 0 bridgehead atoms. The van der Waals surface area contributed by atoms with E-state index in [1.165, 1.54) is 25.0 Å². The number of nitrogens with zero attached hydrogens (tertiary/aromatic N) is 1. The molecule has 7 heteroatoms. The van der Waals surface area contributed by atoms with E-state index in [2.05, 4.69) is 22.0 Å². The van der Waals surface area contributed by atoms with Crippen molar-refractivity contribution in [3.05, 3.63) is 119 Å². The largest absolute Gasteiger partial charge is 0.351 e. The molecule has 0 radical (unpaired) electrons. The number of nitrogens with one attached hydrogen (secondary N) is 3. The van der Waals surface area contributed by atoms with Crippen LogP contribution in [-0.4, -0.2) is 12.5 Å². The molecule has 1 atom stereocenters. The van der Waals surface area contributed by atoms with E-state index in [1.54, 1.807) is 24.3 Å². The standard InChI is InChI=1S/C32H34FN5O/c1-2-7-23(19-34)17-30(37-27-11-6-8-24(16-27)20-35)32(39)38-29-18-26(14-15-28(29)33)31(36-21-22-12-13-22)25-9-4-3-5-10-25/h3-11,14-18,22,31,36-37H,2,12-13,20-21,35H2,1H3,(H,38,39)/b23-7-,30-17-. The number of benzene rings is 3. The van der Waals surface area contributed by atoms with E-state index in [-0.39, 0.29) is 17.4 Å². The van der Waals surface area contributed by atoms with E-state index < -0.39 is 11.7 Å². The molecule has 3 aromatic carbocycles. The van der Waals surface area contributed by atoms with Crippen LogP contribution in [0.15, 0.2) is 96.2 Å². The van der Waals surface area contributed by atoms with Crippen LogP contribution in [0.25, 0.3) is 0 Å². The van der Waals surface area contributed by atoms with Crippen LogP contribution < -0.4 is 21.7 Å². The van der Waals surface area contributed by atoms with Crippen molar-refractivity contribution >= 4 is 17.3 Å². The monoisotopic (exact) mass is 523 g/mol. The number of amides is 1. The number of allylic oxidation sites excluding steroid dienone is 3. The second kappa shape index (κ2) is 13.5. The maximum atomic E-state index is 15.0. The van der Waals surface area contributed by atoms with Crippen LogP contribution in [0.2, 0.25) is 0 Å². The predicted molar refractivity (Wildman–Crippen MR) is 154 cm³/mol. The third kappa shape index (κ3) is 7.87. The first-order valence-corrected chi connectivity index (χ1v) is 13.3. The van der Waals surface area contributed by atoms with Crippen molar-refractivity contribution in [1.82, 2.24) is 5.32 Å². The molecule has 0 spiro atoms. The zero-order chi connectivity index (χ0) is 27.6. The molecule has 0 heterocycles. The van der Waals surface area contributed by atoms with E-state index in [0.29, 0.717) is 30.1 Å². The summed E-state index contributed by atoms with van der Waals surface area (Å²) in [4.78, 5) is 13.5. The quantitative estimate of drug-likeness (QED) is 0.129. The summed E-state index contributed by atoms with van der Waals surface area (Å²) < 4.78 is 15.0. The van der Waals surface area contributed by atoms with Crippen molar-refractivity contribution in [3.8, 4) is 6.07 Å². The van der Waals surface area contributed by atoms with Crippen LogP contribution >= 0.6 is 0 Å². The fraction of sp³-hybridized carbons (Fsp3) is 0.250. The number of halogens is 1. The van der Waals surface area contributed by atoms with E-state index in [9.17, 15) is 10.1 Å². The Morgan fingerprint density at radius 3 is 2.56 bits per heavy atom. The van der Waals surface area contributed by atoms with Gasteiger partial charge in [0.1, 0.15) is 11.5 Å². The first-order chi connectivity index (χ1) is 19.0. The minimum Gasteiger partial charge on any atom is -0.351 e. The molecule has 1 aliphatic rings. The molecule has 0 aliphatic heterocycles. The molecule has 1 fully saturated rings. The summed E-state index contributed by atoms with van der Waals surface area (Å²) >= 11 is 0. The van der Waals surface area contributed by atoms with Crippen molar-refractivity contribution < 1.29 is 9.18 Å². The van der Waals surface area contributed by atoms with Crippen molar-refractivity contribution in [2.45, 2.75) is 38.8 Å². The molecule has 1 aliphatic carbocycles. The zero-order valence-corrected chi connectivity index (χ0v) is 22.1. The minimum atomic E-state index is -0.566. The molecular formula is C32H34FN5O. The molecule has 5 N–H and O–H groups in total. The van der Waals surface area contributed by atoms with Gasteiger partial charge in [0.25, 0.3) is 5.91 Å². The average Bonchev–Trinajstić information content (AvgIpc) is 3.79. The molecule has 4 rings (SSSR count). The molecule has 39 heavy (non-hydrogen) atoms. The van der Waals surface area contributed by atoms with Gasteiger partial charge >= 0.3 is 0 Å². The predicted octanol–water partition coefficient (Wildman–Crippen LogP) is 6.17. The summed E-state index contributed by atoms with van der Waals surface area (Å²) in [5.41, 5.74) is 9.70. The summed E-state index contributed by atoms with van der Waals surface area (Å²) in [6.07, 6.45) is 6.25. The van der Waals surface area contributed by atoms with E-state index >= 15 is 4.39 Å². The van der Waals surface area contributed by atoms with Crippen molar-refractivity contribution in [3.63, 3.8) is 0 Å². The first kappa shape index (κ1) is 27.8. The average molecular weight is 524 g/mol. The fourth-order valence-electron chi connectivity index (χ4n) is 4.29. The second-order valence-corrected chi connectivity index (χ2v) is 9.66. The van der Waals surface area contributed by atoms with Crippen molar-refractivity contribution in [2.24, 2.45) is 11.7 Å². The molecule has 0 saturated heterocycles. The highest BCUT2D eigenvalue weighted by Gasteiger charge is 2.24. The van der Waals surface area contributed by atoms with E-state index in [4.69, 9.17) is 5.73 Å². The lowest BCUT2D eigenvalue weighted by Gasteiger charge is -2.21. The Morgan fingerprint density at radius 1 is 1.08 bits per heavy atom. The number of nitrogens with two attached hydrogens (primary N) is 1. The molecule has 1 saturated carbocycles. The molecule has 200 valence electrons. The van der Waals surface area contributed by atoms with Crippen LogP contribution in [0.5, 0.6) is 0 Å². The van der Waals surface area contributed by atoms with Crippen LogP contribution in [0.1, 0.15) is 48.9 Å². The number of carbonyl (C=O) groups excluding carboxylic acids is 1. The number of carbonyl (C=O) groups is 1. The molecular weight excluding hydrogens is 489 g/mol. The van der Waals surface area contributed by atoms with Gasteiger partial charge in [-0.05, 0) is 78.8 Å². The van der Waals surface area contributed by atoms with Gasteiger partial charge in [0, 0.05) is 12.2 Å².